The quantitative estimate of drug-likeness (QED) is 0.678. The Balaban J connectivity index is 2.03. The van der Waals surface area contributed by atoms with Crippen LogP contribution in [0.2, 0.25) is 5.02 Å². The Labute approximate surface area is 137 Å². The Kier molecular flexibility index (Phi) is 4.17. The van der Waals surface area contributed by atoms with Gasteiger partial charge in [-0.05, 0) is 28.5 Å². The molecule has 0 amide bonds. The molecule has 21 heavy (non-hydrogen) atoms. The average Bonchev–Trinajstić information content (AvgIpc) is 3.00. The summed E-state index contributed by atoms with van der Waals surface area (Å²) in [7, 11) is 0. The molecule has 0 aliphatic rings. The zero-order valence-electron chi connectivity index (χ0n) is 10.6. The van der Waals surface area contributed by atoms with Crippen molar-refractivity contribution in [2.45, 2.75) is 6.42 Å². The van der Waals surface area contributed by atoms with Crippen molar-refractivity contribution in [3.63, 3.8) is 0 Å². The summed E-state index contributed by atoms with van der Waals surface area (Å²) in [5.74, 6) is 0.201. The van der Waals surface area contributed by atoms with Crippen LogP contribution in [0.15, 0.2) is 28.2 Å². The van der Waals surface area contributed by atoms with Crippen LogP contribution in [0.1, 0.15) is 5.69 Å². The molecule has 8 heteroatoms. The molecule has 1 aromatic carbocycles. The molecule has 0 aliphatic heterocycles. The number of halogens is 3. The predicted molar refractivity (Wildman–Crippen MR) is 85.0 cm³/mol. The summed E-state index contributed by atoms with van der Waals surface area (Å²) in [5, 5.41) is 1.96. The smallest absolute Gasteiger partial charge is 0.242 e. The molecular weight excluding hydrogens is 381 g/mol. The molecule has 110 valence electrons. The highest BCUT2D eigenvalue weighted by molar-refractivity contribution is 9.10. The summed E-state index contributed by atoms with van der Waals surface area (Å²) in [5.41, 5.74) is 6.49. The van der Waals surface area contributed by atoms with Gasteiger partial charge in [-0.25, -0.2) is 4.39 Å². The number of thiazole rings is 1. The minimum absolute atomic E-state index is 0.0298. The fourth-order valence-corrected chi connectivity index (χ4v) is 3.39. The van der Waals surface area contributed by atoms with Crippen LogP contribution in [0.5, 0.6) is 11.6 Å². The van der Waals surface area contributed by atoms with E-state index in [4.69, 9.17) is 22.1 Å². The van der Waals surface area contributed by atoms with Gasteiger partial charge in [-0.3, -0.25) is 4.40 Å². The Hall–Kier alpha value is -1.15. The molecule has 0 fully saturated rings. The molecule has 2 N–H and O–H groups in total. The van der Waals surface area contributed by atoms with Gasteiger partial charge in [0, 0.05) is 24.1 Å². The minimum atomic E-state index is -0.545. The summed E-state index contributed by atoms with van der Waals surface area (Å²) in [4.78, 5) is 5.21. The summed E-state index contributed by atoms with van der Waals surface area (Å²) in [6, 6.07) is 2.68. The fourth-order valence-electron chi connectivity index (χ4n) is 1.95. The van der Waals surface area contributed by atoms with Crippen molar-refractivity contribution >= 4 is 43.8 Å². The molecule has 0 bridgehead atoms. The maximum absolute atomic E-state index is 13.6. The van der Waals surface area contributed by atoms with Crippen LogP contribution in [0.25, 0.3) is 4.96 Å². The Morgan fingerprint density at radius 1 is 1.48 bits per heavy atom. The van der Waals surface area contributed by atoms with E-state index < -0.39 is 5.82 Å². The van der Waals surface area contributed by atoms with Crippen molar-refractivity contribution in [1.82, 2.24) is 9.38 Å². The van der Waals surface area contributed by atoms with Gasteiger partial charge >= 0.3 is 0 Å². The Morgan fingerprint density at radius 2 is 2.29 bits per heavy atom. The number of nitrogens with two attached hydrogens (primary N) is 1. The maximum atomic E-state index is 13.6. The second-order valence-corrected chi connectivity index (χ2v) is 6.39. The summed E-state index contributed by atoms with van der Waals surface area (Å²) >= 11 is 10.5. The third kappa shape index (κ3) is 2.78. The van der Waals surface area contributed by atoms with E-state index in [1.54, 1.807) is 0 Å². The van der Waals surface area contributed by atoms with Crippen LogP contribution in [0, 0.1) is 5.82 Å². The SMILES string of the molecule is NCCc1c(Oc2cc(F)c(Cl)cc2Br)nc2sccn12. The summed E-state index contributed by atoms with van der Waals surface area (Å²) < 4.78 is 21.8. The van der Waals surface area contributed by atoms with Crippen LogP contribution in [-0.4, -0.2) is 15.9 Å². The number of nitrogens with zero attached hydrogens (tertiary/aromatic N) is 2. The molecule has 4 nitrogen and oxygen atoms in total. The molecule has 3 rings (SSSR count). The van der Waals surface area contributed by atoms with Crippen molar-refractivity contribution in [2.75, 3.05) is 6.54 Å². The van der Waals surface area contributed by atoms with Crippen LogP contribution in [0.4, 0.5) is 4.39 Å². The normalized spacial score (nSPS) is 11.2. The maximum Gasteiger partial charge on any atom is 0.242 e. The number of hydrogen-bond donors (Lipinski definition) is 1. The molecular formula is C13H10BrClFN3OS. The molecule has 2 heterocycles. The monoisotopic (exact) mass is 389 g/mol. The van der Waals surface area contributed by atoms with Crippen LogP contribution >= 0.6 is 38.9 Å². The van der Waals surface area contributed by atoms with Crippen LogP contribution in [-0.2, 0) is 6.42 Å². The van der Waals surface area contributed by atoms with E-state index >= 15 is 0 Å². The molecule has 0 radical (unpaired) electrons. The first kappa shape index (κ1) is 14.8. The number of fused-ring (bicyclic) bond motifs is 1. The van der Waals surface area contributed by atoms with Gasteiger partial charge in [-0.1, -0.05) is 11.6 Å². The average molecular weight is 391 g/mol. The van der Waals surface area contributed by atoms with Crippen LogP contribution < -0.4 is 10.5 Å². The molecule has 3 aromatic rings. The van der Waals surface area contributed by atoms with Crippen molar-refractivity contribution in [2.24, 2.45) is 5.73 Å². The van der Waals surface area contributed by atoms with Crippen LogP contribution in [0.3, 0.4) is 0 Å². The molecule has 0 spiro atoms. The van der Waals surface area contributed by atoms with E-state index in [9.17, 15) is 4.39 Å². The molecule has 0 aliphatic carbocycles. The standard InChI is InChI=1S/C13H10BrClFN3OS/c14-7-5-8(15)9(16)6-11(7)20-12-10(1-2-17)19-3-4-21-13(19)18-12/h3-6H,1-2,17H2. The van der Waals surface area contributed by atoms with Gasteiger partial charge in [0.25, 0.3) is 0 Å². The molecule has 0 unspecified atom stereocenters. The number of imidazole rings is 1. The van der Waals surface area contributed by atoms with Gasteiger partial charge in [-0.2, -0.15) is 4.98 Å². The van der Waals surface area contributed by atoms with E-state index in [0.717, 1.165) is 10.7 Å². The zero-order valence-corrected chi connectivity index (χ0v) is 13.8. The lowest BCUT2D eigenvalue weighted by molar-refractivity contribution is 0.452. The van der Waals surface area contributed by atoms with Gasteiger partial charge in [0.1, 0.15) is 11.6 Å². The molecule has 0 saturated carbocycles. The number of ether oxygens (including phenoxy) is 1. The summed E-state index contributed by atoms with van der Waals surface area (Å²) in [6.45, 7) is 0.468. The topological polar surface area (TPSA) is 52.5 Å². The van der Waals surface area contributed by atoms with E-state index in [1.165, 1.54) is 23.5 Å². The fraction of sp³-hybridized carbons (Fsp3) is 0.154. The minimum Gasteiger partial charge on any atom is -0.436 e. The van der Waals surface area contributed by atoms with Gasteiger partial charge in [0.2, 0.25) is 5.88 Å². The van der Waals surface area contributed by atoms with Gasteiger partial charge in [-0.15, -0.1) is 11.3 Å². The first-order valence-electron chi connectivity index (χ1n) is 6.07. The highest BCUT2D eigenvalue weighted by atomic mass is 79.9. The van der Waals surface area contributed by atoms with E-state index in [2.05, 4.69) is 20.9 Å². The van der Waals surface area contributed by atoms with Crippen molar-refractivity contribution in [1.29, 1.82) is 0 Å². The number of aromatic nitrogens is 2. The van der Waals surface area contributed by atoms with Gasteiger partial charge < -0.3 is 10.5 Å². The first-order valence-corrected chi connectivity index (χ1v) is 8.12. The van der Waals surface area contributed by atoms with E-state index in [0.29, 0.717) is 29.1 Å². The van der Waals surface area contributed by atoms with Crippen molar-refractivity contribution in [3.05, 3.63) is 44.7 Å². The molecule has 0 atom stereocenters. The largest absolute Gasteiger partial charge is 0.436 e. The van der Waals surface area contributed by atoms with E-state index in [1.807, 2.05) is 16.0 Å². The second-order valence-electron chi connectivity index (χ2n) is 4.26. The van der Waals surface area contributed by atoms with Gasteiger partial charge in [0.15, 0.2) is 4.96 Å². The summed E-state index contributed by atoms with van der Waals surface area (Å²) in [6.07, 6.45) is 2.52. The third-order valence-electron chi connectivity index (χ3n) is 2.89. The highest BCUT2D eigenvalue weighted by Crippen LogP contribution is 2.35. The molecule has 0 saturated heterocycles. The van der Waals surface area contributed by atoms with E-state index in [-0.39, 0.29) is 5.02 Å². The lowest BCUT2D eigenvalue weighted by Crippen LogP contribution is -2.05. The lowest BCUT2D eigenvalue weighted by Gasteiger charge is -2.08. The number of hydrogen-bond acceptors (Lipinski definition) is 4. The zero-order chi connectivity index (χ0) is 15.0. The predicted octanol–water partition coefficient (Wildman–Crippen LogP) is 4.24. The number of benzene rings is 1. The highest BCUT2D eigenvalue weighted by Gasteiger charge is 2.17. The number of rotatable bonds is 4. The second kappa shape index (κ2) is 5.92. The Morgan fingerprint density at radius 3 is 3.05 bits per heavy atom. The van der Waals surface area contributed by atoms with Crippen molar-refractivity contribution < 1.29 is 9.13 Å². The third-order valence-corrected chi connectivity index (χ3v) is 4.55. The lowest BCUT2D eigenvalue weighted by atomic mass is 10.3. The molecule has 2 aromatic heterocycles. The Bertz CT molecular complexity index is 804. The van der Waals surface area contributed by atoms with Crippen molar-refractivity contribution in [3.8, 4) is 11.6 Å². The first-order chi connectivity index (χ1) is 10.1. The van der Waals surface area contributed by atoms with Gasteiger partial charge in [0.05, 0.1) is 15.2 Å².